The van der Waals surface area contributed by atoms with E-state index in [9.17, 15) is 0 Å². The minimum absolute atomic E-state index is 0.953. The van der Waals surface area contributed by atoms with Crippen LogP contribution in [0.5, 0.6) is 0 Å². The van der Waals surface area contributed by atoms with E-state index in [0.29, 0.717) is 0 Å². The molecule has 1 rings (SSSR count). The van der Waals surface area contributed by atoms with E-state index < -0.39 is 0 Å². The molecule has 0 aliphatic heterocycles. The van der Waals surface area contributed by atoms with E-state index in [-0.39, 0.29) is 0 Å². The van der Waals surface area contributed by atoms with Crippen molar-refractivity contribution in [3.8, 4) is 0 Å². The van der Waals surface area contributed by atoms with Crippen LogP contribution in [0.1, 0.15) is 26.2 Å². The lowest BCUT2D eigenvalue weighted by Gasteiger charge is -2.05. The van der Waals surface area contributed by atoms with Gasteiger partial charge in [-0.25, -0.2) is 0 Å². The minimum atomic E-state index is 0.953. The van der Waals surface area contributed by atoms with Gasteiger partial charge in [-0.1, -0.05) is 31.3 Å². The van der Waals surface area contributed by atoms with Crippen molar-refractivity contribution >= 4 is 17.1 Å². The Bertz CT molecular complexity index is 199. The predicted octanol–water partition coefficient (Wildman–Crippen LogP) is 3.25. The third kappa shape index (κ3) is 2.98. The van der Waals surface area contributed by atoms with Gasteiger partial charge in [0.2, 0.25) is 0 Å². The summed E-state index contributed by atoms with van der Waals surface area (Å²) in [7, 11) is 0. The Labute approximate surface area is 74.0 Å². The lowest BCUT2D eigenvalue weighted by atomic mass is 10.0. The summed E-state index contributed by atoms with van der Waals surface area (Å²) in [6, 6.07) is 0. The van der Waals surface area contributed by atoms with Crippen molar-refractivity contribution in [1.29, 1.82) is 0 Å². The zero-order valence-corrected chi connectivity index (χ0v) is 7.66. The molecule has 0 fully saturated rings. The summed E-state index contributed by atoms with van der Waals surface area (Å²) in [6.07, 6.45) is 11.9. The number of unbranched alkanes of at least 4 members (excludes halogenated alkanes) is 1. The van der Waals surface area contributed by atoms with Gasteiger partial charge in [0.1, 0.15) is 0 Å². The molecule has 0 aromatic carbocycles. The molecule has 0 aromatic heterocycles. The molecule has 1 aliphatic carbocycles. The van der Waals surface area contributed by atoms with Gasteiger partial charge in [-0.05, 0) is 30.9 Å². The molecule has 1 heteroatoms. The summed E-state index contributed by atoms with van der Waals surface area (Å²) in [5, 5.41) is 0. The molecule has 0 aromatic rings. The number of allylic oxidation sites excluding steroid dienone is 4. The van der Waals surface area contributed by atoms with Crippen molar-refractivity contribution < 1.29 is 0 Å². The molecule has 0 unspecified atom stereocenters. The summed E-state index contributed by atoms with van der Waals surface area (Å²) in [5.41, 5.74) is 1.37. The Balaban J connectivity index is 2.44. The van der Waals surface area contributed by atoms with Gasteiger partial charge in [-0.2, -0.15) is 0 Å². The number of rotatable bonds is 3. The highest BCUT2D eigenvalue weighted by molar-refractivity contribution is 7.80. The maximum absolute atomic E-state index is 5.10. The van der Waals surface area contributed by atoms with E-state index >= 15 is 0 Å². The highest BCUT2D eigenvalue weighted by atomic mass is 32.1. The molecule has 0 saturated heterocycles. The molecule has 0 amide bonds. The van der Waals surface area contributed by atoms with Crippen LogP contribution in [0.2, 0.25) is 0 Å². The minimum Gasteiger partial charge on any atom is -0.0846 e. The Morgan fingerprint density at radius 2 is 2.45 bits per heavy atom. The van der Waals surface area contributed by atoms with Crippen molar-refractivity contribution in [2.45, 2.75) is 26.2 Å². The number of hydrogen-bond acceptors (Lipinski definition) is 1. The van der Waals surface area contributed by atoms with E-state index in [4.69, 9.17) is 12.2 Å². The number of thiocarbonyl (C=S) groups is 1. The van der Waals surface area contributed by atoms with Gasteiger partial charge < -0.3 is 0 Å². The Kier molecular flexibility index (Phi) is 3.50. The Hall–Kier alpha value is -0.430. The normalized spacial score (nSPS) is 16.8. The van der Waals surface area contributed by atoms with Crippen LogP contribution in [-0.2, 0) is 0 Å². The van der Waals surface area contributed by atoms with Gasteiger partial charge in [0, 0.05) is 11.3 Å². The molecule has 0 spiro atoms. The van der Waals surface area contributed by atoms with Crippen molar-refractivity contribution in [2.75, 3.05) is 0 Å². The third-order valence-corrected chi connectivity index (χ3v) is 2.00. The second-order valence-corrected chi connectivity index (χ2v) is 3.26. The highest BCUT2D eigenvalue weighted by Crippen LogP contribution is 2.14. The van der Waals surface area contributed by atoms with E-state index in [0.717, 1.165) is 24.1 Å². The van der Waals surface area contributed by atoms with Gasteiger partial charge >= 0.3 is 0 Å². The summed E-state index contributed by atoms with van der Waals surface area (Å²) in [4.78, 5) is 1.07. The summed E-state index contributed by atoms with van der Waals surface area (Å²) in [5.74, 6) is 0. The van der Waals surface area contributed by atoms with Crippen LogP contribution in [0.4, 0.5) is 0 Å². The SMILES string of the molecule is C[CH]CCC1=CC(=S)CC=C1. The molecule has 0 heterocycles. The molecule has 1 aliphatic rings. The van der Waals surface area contributed by atoms with Crippen molar-refractivity contribution in [3.63, 3.8) is 0 Å². The van der Waals surface area contributed by atoms with Crippen LogP contribution in [0.3, 0.4) is 0 Å². The molecule has 0 N–H and O–H groups in total. The lowest BCUT2D eigenvalue weighted by molar-refractivity contribution is 0.939. The van der Waals surface area contributed by atoms with Gasteiger partial charge in [-0.15, -0.1) is 0 Å². The second-order valence-electron chi connectivity index (χ2n) is 2.74. The molecular formula is C10H13S. The van der Waals surface area contributed by atoms with E-state index in [1.165, 1.54) is 5.57 Å². The van der Waals surface area contributed by atoms with Crippen LogP contribution in [0.25, 0.3) is 0 Å². The van der Waals surface area contributed by atoms with Crippen LogP contribution < -0.4 is 0 Å². The first-order valence-electron chi connectivity index (χ1n) is 4.00. The lowest BCUT2D eigenvalue weighted by Crippen LogP contribution is -1.94. The van der Waals surface area contributed by atoms with Crippen LogP contribution in [0.15, 0.2) is 23.8 Å². The van der Waals surface area contributed by atoms with Gasteiger partial charge in [0.05, 0.1) is 0 Å². The summed E-state index contributed by atoms with van der Waals surface area (Å²) >= 11 is 5.10. The fraction of sp³-hybridized carbons (Fsp3) is 0.400. The fourth-order valence-electron chi connectivity index (χ4n) is 1.11. The summed E-state index contributed by atoms with van der Waals surface area (Å²) < 4.78 is 0. The Morgan fingerprint density at radius 1 is 1.64 bits per heavy atom. The van der Waals surface area contributed by atoms with Crippen LogP contribution >= 0.6 is 12.2 Å². The van der Waals surface area contributed by atoms with Gasteiger partial charge in [-0.3, -0.25) is 0 Å². The zero-order valence-electron chi connectivity index (χ0n) is 6.84. The fourth-order valence-corrected chi connectivity index (χ4v) is 1.35. The Morgan fingerprint density at radius 3 is 3.09 bits per heavy atom. The molecule has 0 saturated carbocycles. The first-order chi connectivity index (χ1) is 5.33. The maximum atomic E-state index is 5.10. The topological polar surface area (TPSA) is 0 Å². The van der Waals surface area contributed by atoms with Crippen LogP contribution in [0, 0.1) is 6.42 Å². The second kappa shape index (κ2) is 4.45. The van der Waals surface area contributed by atoms with Crippen LogP contribution in [-0.4, -0.2) is 4.86 Å². The highest BCUT2D eigenvalue weighted by Gasteiger charge is 1.99. The smallest absolute Gasteiger partial charge is 0.0192 e. The monoisotopic (exact) mass is 165 g/mol. The molecule has 11 heavy (non-hydrogen) atoms. The molecule has 59 valence electrons. The predicted molar refractivity (Wildman–Crippen MR) is 53.6 cm³/mol. The quantitative estimate of drug-likeness (QED) is 0.578. The first kappa shape index (κ1) is 8.66. The average molecular weight is 165 g/mol. The van der Waals surface area contributed by atoms with E-state index in [2.05, 4.69) is 31.6 Å². The van der Waals surface area contributed by atoms with Gasteiger partial charge in [0.15, 0.2) is 0 Å². The standard InChI is InChI=1S/C10H13S/c1-2-3-5-9-6-4-7-10(11)8-9/h2,4,6,8H,3,5,7H2,1H3. The van der Waals surface area contributed by atoms with E-state index in [1.54, 1.807) is 0 Å². The number of hydrogen-bond donors (Lipinski definition) is 0. The third-order valence-electron chi connectivity index (χ3n) is 1.72. The van der Waals surface area contributed by atoms with Crippen molar-refractivity contribution in [3.05, 3.63) is 30.2 Å². The van der Waals surface area contributed by atoms with Crippen molar-refractivity contribution in [2.24, 2.45) is 0 Å². The maximum Gasteiger partial charge on any atom is 0.0192 e. The molecule has 0 nitrogen and oxygen atoms in total. The zero-order chi connectivity index (χ0) is 8.10. The van der Waals surface area contributed by atoms with E-state index in [1.807, 2.05) is 0 Å². The molecule has 1 radical (unpaired) electrons. The average Bonchev–Trinajstić information content (AvgIpc) is 2.01. The van der Waals surface area contributed by atoms with Crippen molar-refractivity contribution in [1.82, 2.24) is 0 Å². The largest absolute Gasteiger partial charge is 0.0846 e. The molecule has 0 atom stereocenters. The molecule has 0 bridgehead atoms. The summed E-state index contributed by atoms with van der Waals surface area (Å²) in [6.45, 7) is 2.09. The first-order valence-corrected chi connectivity index (χ1v) is 4.41. The molecular weight excluding hydrogens is 152 g/mol. The van der Waals surface area contributed by atoms with Gasteiger partial charge in [0.25, 0.3) is 0 Å².